The zero-order valence-electron chi connectivity index (χ0n) is 16.8. The van der Waals surface area contributed by atoms with E-state index in [4.69, 9.17) is 4.98 Å². The minimum absolute atomic E-state index is 0.0884. The molecule has 0 atom stereocenters. The van der Waals surface area contributed by atoms with Gasteiger partial charge in [0.1, 0.15) is 5.82 Å². The number of aryl methyl sites for hydroxylation is 1. The molecule has 1 saturated heterocycles. The Morgan fingerprint density at radius 1 is 1.19 bits per heavy atom. The summed E-state index contributed by atoms with van der Waals surface area (Å²) in [6.07, 6.45) is 4.46. The van der Waals surface area contributed by atoms with E-state index in [2.05, 4.69) is 67.2 Å². The number of rotatable bonds is 5. The summed E-state index contributed by atoms with van der Waals surface area (Å²) in [4.78, 5) is 24.0. The molecule has 0 saturated carbocycles. The van der Waals surface area contributed by atoms with E-state index < -0.39 is 0 Å². The largest absolute Gasteiger partial charge is 0.356 e. The van der Waals surface area contributed by atoms with Gasteiger partial charge in [-0.3, -0.25) is 4.79 Å². The first-order chi connectivity index (χ1) is 12.9. The molecular weight excluding hydrogens is 336 g/mol. The predicted octanol–water partition coefficient (Wildman–Crippen LogP) is 3.97. The third kappa shape index (κ3) is 4.85. The van der Waals surface area contributed by atoms with Gasteiger partial charge in [-0.15, -0.1) is 0 Å². The van der Waals surface area contributed by atoms with E-state index in [1.165, 1.54) is 5.56 Å². The van der Waals surface area contributed by atoms with Crippen LogP contribution in [0.2, 0.25) is 0 Å². The molecule has 2 heterocycles. The number of benzene rings is 1. The summed E-state index contributed by atoms with van der Waals surface area (Å²) >= 11 is 0. The lowest BCUT2D eigenvalue weighted by atomic mass is 9.93. The highest BCUT2D eigenvalue weighted by Gasteiger charge is 2.28. The van der Waals surface area contributed by atoms with Gasteiger partial charge in [-0.1, -0.05) is 36.8 Å². The van der Waals surface area contributed by atoms with Crippen molar-refractivity contribution < 1.29 is 4.79 Å². The molecule has 1 aromatic carbocycles. The van der Waals surface area contributed by atoms with Crippen LogP contribution in [0.4, 0.5) is 5.82 Å². The molecule has 3 rings (SSSR count). The SMILES string of the molecule is CCC(C)(C)NC(=O)C1CCN(c2ccnc(-c3ccc(C)cc3)n2)CC1. The van der Waals surface area contributed by atoms with Gasteiger partial charge in [0, 0.05) is 36.3 Å². The van der Waals surface area contributed by atoms with Crippen LogP contribution in [0.15, 0.2) is 36.5 Å². The molecule has 1 aliphatic rings. The van der Waals surface area contributed by atoms with Crippen LogP contribution < -0.4 is 10.2 Å². The Morgan fingerprint density at radius 2 is 1.85 bits per heavy atom. The van der Waals surface area contributed by atoms with E-state index in [-0.39, 0.29) is 17.4 Å². The molecule has 1 aliphatic heterocycles. The standard InChI is InChI=1S/C22H30N4O/c1-5-22(3,4)25-21(27)18-11-14-26(15-12-18)19-10-13-23-20(24-19)17-8-6-16(2)7-9-17/h6-10,13,18H,5,11-12,14-15H2,1-4H3,(H,25,27). The summed E-state index contributed by atoms with van der Waals surface area (Å²) in [5.74, 6) is 1.96. The number of carbonyl (C=O) groups excluding carboxylic acids is 1. The van der Waals surface area contributed by atoms with Gasteiger partial charge in [0.2, 0.25) is 5.91 Å². The smallest absolute Gasteiger partial charge is 0.223 e. The maximum atomic E-state index is 12.5. The average Bonchev–Trinajstić information content (AvgIpc) is 2.68. The van der Waals surface area contributed by atoms with Crippen molar-refractivity contribution in [1.82, 2.24) is 15.3 Å². The molecule has 0 aliphatic carbocycles. The Labute approximate surface area is 162 Å². The van der Waals surface area contributed by atoms with Crippen molar-refractivity contribution in [3.63, 3.8) is 0 Å². The highest BCUT2D eigenvalue weighted by molar-refractivity contribution is 5.79. The molecule has 1 amide bonds. The summed E-state index contributed by atoms with van der Waals surface area (Å²) in [5, 5.41) is 3.18. The normalized spacial score (nSPS) is 15.6. The monoisotopic (exact) mass is 366 g/mol. The number of hydrogen-bond donors (Lipinski definition) is 1. The number of piperidine rings is 1. The topological polar surface area (TPSA) is 58.1 Å². The third-order valence-electron chi connectivity index (χ3n) is 5.49. The first kappa shape index (κ1) is 19.3. The van der Waals surface area contributed by atoms with E-state index >= 15 is 0 Å². The minimum atomic E-state index is -0.135. The van der Waals surface area contributed by atoms with Crippen molar-refractivity contribution in [3.8, 4) is 11.4 Å². The Morgan fingerprint density at radius 3 is 2.48 bits per heavy atom. The third-order valence-corrected chi connectivity index (χ3v) is 5.49. The average molecular weight is 367 g/mol. The van der Waals surface area contributed by atoms with Crippen molar-refractivity contribution in [3.05, 3.63) is 42.1 Å². The summed E-state index contributed by atoms with van der Waals surface area (Å²) < 4.78 is 0. The first-order valence-corrected chi connectivity index (χ1v) is 9.85. The van der Waals surface area contributed by atoms with Crippen LogP contribution in [0.1, 0.15) is 45.6 Å². The Hall–Kier alpha value is -2.43. The first-order valence-electron chi connectivity index (χ1n) is 9.85. The van der Waals surface area contributed by atoms with Crippen LogP contribution in [0.5, 0.6) is 0 Å². The van der Waals surface area contributed by atoms with E-state index in [0.29, 0.717) is 0 Å². The zero-order valence-corrected chi connectivity index (χ0v) is 16.8. The quantitative estimate of drug-likeness (QED) is 0.870. The van der Waals surface area contributed by atoms with Crippen molar-refractivity contribution >= 4 is 11.7 Å². The molecule has 144 valence electrons. The second-order valence-corrected chi connectivity index (χ2v) is 8.09. The molecular formula is C22H30N4O. The van der Waals surface area contributed by atoms with Gasteiger partial charge in [-0.05, 0) is 46.1 Å². The molecule has 0 spiro atoms. The summed E-state index contributed by atoms with van der Waals surface area (Å²) in [7, 11) is 0. The van der Waals surface area contributed by atoms with E-state index in [9.17, 15) is 4.79 Å². The van der Waals surface area contributed by atoms with Crippen LogP contribution >= 0.6 is 0 Å². The summed E-state index contributed by atoms with van der Waals surface area (Å²) in [6, 6.07) is 10.2. The van der Waals surface area contributed by atoms with E-state index in [1.807, 2.05) is 12.3 Å². The minimum Gasteiger partial charge on any atom is -0.356 e. The van der Waals surface area contributed by atoms with Crippen molar-refractivity contribution in [2.45, 2.75) is 52.5 Å². The molecule has 1 N–H and O–H groups in total. The zero-order chi connectivity index (χ0) is 19.4. The Balaban J connectivity index is 1.64. The van der Waals surface area contributed by atoms with Gasteiger partial charge in [-0.25, -0.2) is 9.97 Å². The van der Waals surface area contributed by atoms with Gasteiger partial charge in [0.25, 0.3) is 0 Å². The lowest BCUT2D eigenvalue weighted by Crippen LogP contribution is -2.48. The highest BCUT2D eigenvalue weighted by atomic mass is 16.2. The molecule has 5 nitrogen and oxygen atoms in total. The molecule has 0 unspecified atom stereocenters. The van der Waals surface area contributed by atoms with E-state index in [0.717, 1.165) is 49.6 Å². The van der Waals surface area contributed by atoms with Crippen LogP contribution in [0, 0.1) is 12.8 Å². The molecule has 0 radical (unpaired) electrons. The van der Waals surface area contributed by atoms with Gasteiger partial charge in [0.15, 0.2) is 5.82 Å². The number of aromatic nitrogens is 2. The molecule has 2 aromatic rings. The van der Waals surface area contributed by atoms with Crippen LogP contribution in [-0.4, -0.2) is 34.5 Å². The Kier molecular flexibility index (Phi) is 5.78. The van der Waals surface area contributed by atoms with Crippen molar-refractivity contribution in [2.75, 3.05) is 18.0 Å². The number of anilines is 1. The lowest BCUT2D eigenvalue weighted by molar-refractivity contribution is -0.127. The summed E-state index contributed by atoms with van der Waals surface area (Å²) in [6.45, 7) is 10.0. The number of carbonyl (C=O) groups is 1. The maximum absolute atomic E-state index is 12.5. The Bertz CT molecular complexity index is 777. The molecule has 27 heavy (non-hydrogen) atoms. The van der Waals surface area contributed by atoms with Crippen LogP contribution in [-0.2, 0) is 4.79 Å². The lowest BCUT2D eigenvalue weighted by Gasteiger charge is -2.34. The maximum Gasteiger partial charge on any atom is 0.223 e. The fourth-order valence-corrected chi connectivity index (χ4v) is 3.26. The molecule has 1 fully saturated rings. The van der Waals surface area contributed by atoms with Crippen molar-refractivity contribution in [1.29, 1.82) is 0 Å². The number of amides is 1. The highest BCUT2D eigenvalue weighted by Crippen LogP contribution is 2.24. The number of hydrogen-bond acceptors (Lipinski definition) is 4. The second-order valence-electron chi connectivity index (χ2n) is 8.09. The number of nitrogens with zero attached hydrogens (tertiary/aromatic N) is 3. The van der Waals surface area contributed by atoms with Crippen LogP contribution in [0.25, 0.3) is 11.4 Å². The van der Waals surface area contributed by atoms with E-state index in [1.54, 1.807) is 0 Å². The predicted molar refractivity (Wildman–Crippen MR) is 110 cm³/mol. The van der Waals surface area contributed by atoms with Gasteiger partial charge in [-0.2, -0.15) is 0 Å². The van der Waals surface area contributed by atoms with Crippen LogP contribution in [0.3, 0.4) is 0 Å². The fraction of sp³-hybridized carbons (Fsp3) is 0.500. The van der Waals surface area contributed by atoms with Gasteiger partial charge in [0.05, 0.1) is 0 Å². The number of nitrogens with one attached hydrogen (secondary N) is 1. The van der Waals surface area contributed by atoms with Gasteiger partial charge >= 0.3 is 0 Å². The summed E-state index contributed by atoms with van der Waals surface area (Å²) in [5.41, 5.74) is 2.11. The molecule has 5 heteroatoms. The van der Waals surface area contributed by atoms with Gasteiger partial charge < -0.3 is 10.2 Å². The second kappa shape index (κ2) is 8.07. The fourth-order valence-electron chi connectivity index (χ4n) is 3.26. The van der Waals surface area contributed by atoms with Crippen molar-refractivity contribution in [2.24, 2.45) is 5.92 Å². The molecule has 0 bridgehead atoms. The molecule has 1 aromatic heterocycles.